The van der Waals surface area contributed by atoms with E-state index in [4.69, 9.17) is 5.73 Å². The first-order chi connectivity index (χ1) is 10.1. The quantitative estimate of drug-likeness (QED) is 0.504. The van der Waals surface area contributed by atoms with Gasteiger partial charge in [-0.25, -0.2) is 0 Å². The molecule has 6 heteroatoms. The van der Waals surface area contributed by atoms with Gasteiger partial charge in [-0.15, -0.1) is 11.3 Å². The van der Waals surface area contributed by atoms with Crippen LogP contribution in [0.1, 0.15) is 23.3 Å². The van der Waals surface area contributed by atoms with E-state index in [2.05, 4.69) is 16.3 Å². The van der Waals surface area contributed by atoms with Gasteiger partial charge < -0.3 is 5.73 Å². The van der Waals surface area contributed by atoms with Gasteiger partial charge in [0.05, 0.1) is 4.92 Å². The van der Waals surface area contributed by atoms with Gasteiger partial charge in [0, 0.05) is 41.8 Å². The first-order valence-electron chi connectivity index (χ1n) is 6.92. The molecule has 1 aliphatic carbocycles. The summed E-state index contributed by atoms with van der Waals surface area (Å²) in [4.78, 5) is 14.2. The summed E-state index contributed by atoms with van der Waals surface area (Å²) in [5.74, 6) is 0. The van der Waals surface area contributed by atoms with E-state index in [1.165, 1.54) is 23.8 Å². The van der Waals surface area contributed by atoms with Gasteiger partial charge in [-0.1, -0.05) is 6.07 Å². The van der Waals surface area contributed by atoms with Crippen LogP contribution in [0.3, 0.4) is 0 Å². The lowest BCUT2D eigenvalue weighted by molar-refractivity contribution is -0.384. The molecule has 0 atom stereocenters. The van der Waals surface area contributed by atoms with Crippen molar-refractivity contribution in [2.45, 2.75) is 32.0 Å². The van der Waals surface area contributed by atoms with Crippen molar-refractivity contribution >= 4 is 22.7 Å². The zero-order chi connectivity index (χ0) is 14.8. The highest BCUT2D eigenvalue weighted by Gasteiger charge is 2.29. The van der Waals surface area contributed by atoms with Crippen LogP contribution >= 0.6 is 11.3 Å². The molecule has 0 spiro atoms. The maximum atomic E-state index is 10.9. The molecule has 1 saturated carbocycles. The standard InChI is InChI=1S/C15H17N3O2S/c16-15-6-5-13(18(19)20)8-11(15)9-17(12-3-4-12)10-14-2-1-7-21-14/h1-2,5-8,12H,3-4,9-10,16H2. The second kappa shape index (κ2) is 5.83. The molecule has 21 heavy (non-hydrogen) atoms. The van der Waals surface area contributed by atoms with Gasteiger partial charge in [-0.2, -0.15) is 0 Å². The summed E-state index contributed by atoms with van der Waals surface area (Å²) >= 11 is 1.74. The Hall–Kier alpha value is -1.92. The summed E-state index contributed by atoms with van der Waals surface area (Å²) in [6.45, 7) is 1.54. The van der Waals surface area contributed by atoms with Crippen molar-refractivity contribution in [3.63, 3.8) is 0 Å². The molecule has 0 bridgehead atoms. The maximum Gasteiger partial charge on any atom is 0.269 e. The van der Waals surface area contributed by atoms with Crippen LogP contribution in [0.15, 0.2) is 35.7 Å². The minimum absolute atomic E-state index is 0.103. The molecular weight excluding hydrogens is 286 g/mol. The van der Waals surface area contributed by atoms with Crippen molar-refractivity contribution < 1.29 is 4.92 Å². The fourth-order valence-electron chi connectivity index (χ4n) is 2.42. The van der Waals surface area contributed by atoms with Crippen LogP contribution in [-0.2, 0) is 13.1 Å². The second-order valence-electron chi connectivity index (χ2n) is 5.36. The normalized spacial score (nSPS) is 14.5. The number of nitrogens with zero attached hydrogens (tertiary/aromatic N) is 2. The number of thiophene rings is 1. The van der Waals surface area contributed by atoms with Gasteiger partial charge in [0.2, 0.25) is 0 Å². The number of non-ortho nitro benzene ring substituents is 1. The number of benzene rings is 1. The van der Waals surface area contributed by atoms with Gasteiger partial charge in [-0.05, 0) is 35.9 Å². The van der Waals surface area contributed by atoms with E-state index >= 15 is 0 Å². The monoisotopic (exact) mass is 303 g/mol. The van der Waals surface area contributed by atoms with Crippen molar-refractivity contribution in [1.82, 2.24) is 4.90 Å². The number of nitrogen functional groups attached to an aromatic ring is 1. The Morgan fingerprint density at radius 1 is 1.33 bits per heavy atom. The first-order valence-corrected chi connectivity index (χ1v) is 7.80. The van der Waals surface area contributed by atoms with Crippen molar-refractivity contribution in [1.29, 1.82) is 0 Å². The van der Waals surface area contributed by atoms with E-state index in [-0.39, 0.29) is 10.6 Å². The smallest absolute Gasteiger partial charge is 0.269 e. The predicted octanol–water partition coefficient (Wildman–Crippen LogP) is 3.40. The molecule has 0 aliphatic heterocycles. The lowest BCUT2D eigenvalue weighted by Gasteiger charge is -2.22. The summed E-state index contributed by atoms with van der Waals surface area (Å²) in [6.07, 6.45) is 2.39. The Kier molecular flexibility index (Phi) is 3.90. The van der Waals surface area contributed by atoms with Gasteiger partial charge in [0.1, 0.15) is 0 Å². The summed E-state index contributed by atoms with van der Waals surface area (Å²) in [5.41, 5.74) is 7.55. The molecule has 1 fully saturated rings. The molecule has 2 N–H and O–H groups in total. The van der Waals surface area contributed by atoms with Gasteiger partial charge >= 0.3 is 0 Å². The Bertz CT molecular complexity index is 638. The number of anilines is 1. The number of nitro groups is 1. The van der Waals surface area contributed by atoms with E-state index in [0.717, 1.165) is 12.1 Å². The SMILES string of the molecule is Nc1ccc([N+](=O)[O-])cc1CN(Cc1cccs1)C1CC1. The van der Waals surface area contributed by atoms with Gasteiger partial charge in [0.15, 0.2) is 0 Å². The third kappa shape index (κ3) is 3.40. The topological polar surface area (TPSA) is 72.4 Å². The summed E-state index contributed by atoms with van der Waals surface area (Å²) in [5, 5.41) is 13.0. The van der Waals surface area contributed by atoms with Crippen molar-refractivity contribution in [3.8, 4) is 0 Å². The van der Waals surface area contributed by atoms with Crippen LogP contribution < -0.4 is 5.73 Å². The van der Waals surface area contributed by atoms with E-state index in [1.807, 2.05) is 6.07 Å². The maximum absolute atomic E-state index is 10.9. The lowest BCUT2D eigenvalue weighted by Crippen LogP contribution is -2.25. The van der Waals surface area contributed by atoms with Crippen LogP contribution in [0.5, 0.6) is 0 Å². The summed E-state index contributed by atoms with van der Waals surface area (Å²) in [7, 11) is 0. The number of nitro benzene ring substituents is 1. The van der Waals surface area contributed by atoms with Crippen molar-refractivity contribution in [2.75, 3.05) is 5.73 Å². The highest BCUT2D eigenvalue weighted by Crippen LogP contribution is 2.32. The lowest BCUT2D eigenvalue weighted by atomic mass is 10.1. The zero-order valence-electron chi connectivity index (χ0n) is 11.6. The summed E-state index contributed by atoms with van der Waals surface area (Å²) in [6, 6.07) is 9.43. The average Bonchev–Trinajstić information content (AvgIpc) is 3.18. The van der Waals surface area contributed by atoms with E-state index in [9.17, 15) is 10.1 Å². The first kappa shape index (κ1) is 14.0. The van der Waals surface area contributed by atoms with E-state index < -0.39 is 0 Å². The number of rotatable bonds is 6. The second-order valence-corrected chi connectivity index (χ2v) is 6.39. The van der Waals surface area contributed by atoms with Crippen LogP contribution in [0, 0.1) is 10.1 Å². The molecule has 3 rings (SSSR count). The third-order valence-electron chi connectivity index (χ3n) is 3.71. The van der Waals surface area contributed by atoms with Crippen molar-refractivity contribution in [2.24, 2.45) is 0 Å². The van der Waals surface area contributed by atoms with Crippen molar-refractivity contribution in [3.05, 3.63) is 56.3 Å². The molecule has 110 valence electrons. The Labute approximate surface area is 127 Å². The van der Waals surface area contributed by atoms with Crippen LogP contribution in [0.4, 0.5) is 11.4 Å². The average molecular weight is 303 g/mol. The highest BCUT2D eigenvalue weighted by atomic mass is 32.1. The molecule has 0 saturated heterocycles. The Morgan fingerprint density at radius 3 is 2.76 bits per heavy atom. The van der Waals surface area contributed by atoms with Crippen LogP contribution in [0.2, 0.25) is 0 Å². The Balaban J connectivity index is 1.79. The number of nitrogens with two attached hydrogens (primary N) is 1. The summed E-state index contributed by atoms with van der Waals surface area (Å²) < 4.78 is 0. The molecule has 0 unspecified atom stereocenters. The molecule has 1 aliphatic rings. The highest BCUT2D eigenvalue weighted by molar-refractivity contribution is 7.09. The molecule has 0 amide bonds. The number of hydrogen-bond donors (Lipinski definition) is 1. The van der Waals surface area contributed by atoms with Gasteiger partial charge in [-0.3, -0.25) is 15.0 Å². The van der Waals surface area contributed by atoms with E-state index in [0.29, 0.717) is 18.3 Å². The predicted molar refractivity (Wildman–Crippen MR) is 84.1 cm³/mol. The fraction of sp³-hybridized carbons (Fsp3) is 0.333. The molecule has 1 aromatic carbocycles. The molecule has 0 radical (unpaired) electrons. The number of hydrogen-bond acceptors (Lipinski definition) is 5. The zero-order valence-corrected chi connectivity index (χ0v) is 12.4. The minimum atomic E-state index is -0.371. The minimum Gasteiger partial charge on any atom is -0.398 e. The van der Waals surface area contributed by atoms with Crippen LogP contribution in [0.25, 0.3) is 0 Å². The largest absolute Gasteiger partial charge is 0.398 e. The fourth-order valence-corrected chi connectivity index (χ4v) is 3.15. The van der Waals surface area contributed by atoms with E-state index in [1.54, 1.807) is 23.5 Å². The third-order valence-corrected chi connectivity index (χ3v) is 4.57. The molecule has 2 aromatic rings. The van der Waals surface area contributed by atoms with Crippen LogP contribution in [-0.4, -0.2) is 15.9 Å². The molecule has 5 nitrogen and oxygen atoms in total. The molecular formula is C15H17N3O2S. The molecule has 1 aromatic heterocycles. The van der Waals surface area contributed by atoms with Gasteiger partial charge in [0.25, 0.3) is 5.69 Å². The molecule has 1 heterocycles. The Morgan fingerprint density at radius 2 is 2.14 bits per heavy atom.